The smallest absolute Gasteiger partial charge is 0.240 e. The van der Waals surface area contributed by atoms with Crippen LogP contribution in [0.25, 0.3) is 17.3 Å². The quantitative estimate of drug-likeness (QED) is 0.730. The van der Waals surface area contributed by atoms with Gasteiger partial charge in [0.1, 0.15) is 12.1 Å². The summed E-state index contributed by atoms with van der Waals surface area (Å²) in [6.45, 7) is 0. The van der Waals surface area contributed by atoms with Gasteiger partial charge in [-0.15, -0.1) is 0 Å². The summed E-state index contributed by atoms with van der Waals surface area (Å²) in [4.78, 5) is 19.8. The van der Waals surface area contributed by atoms with Crippen molar-refractivity contribution in [1.82, 2.24) is 29.5 Å². The Balaban J connectivity index is 2.12. The minimum Gasteiger partial charge on any atom is -0.368 e. The summed E-state index contributed by atoms with van der Waals surface area (Å²) < 4.78 is 14.7. The van der Waals surface area contributed by atoms with Gasteiger partial charge in [0.05, 0.1) is 6.20 Å². The topological polar surface area (TPSA) is 95.4 Å². The van der Waals surface area contributed by atoms with E-state index in [0.717, 1.165) is 6.20 Å². The molecule has 7 nitrogen and oxygen atoms in total. The number of imidazole rings is 1. The van der Waals surface area contributed by atoms with Crippen LogP contribution in [0.15, 0.2) is 37.2 Å². The lowest BCUT2D eigenvalue weighted by Crippen LogP contribution is -2.06. The molecule has 0 aliphatic rings. The van der Waals surface area contributed by atoms with E-state index in [2.05, 4.69) is 24.9 Å². The van der Waals surface area contributed by atoms with Crippen LogP contribution in [0.5, 0.6) is 0 Å². The largest absolute Gasteiger partial charge is 0.368 e. The van der Waals surface area contributed by atoms with Gasteiger partial charge in [0.2, 0.25) is 11.9 Å². The molecule has 94 valence electrons. The molecule has 3 heterocycles. The standard InChI is InChI=1S/C11H8FN7/c12-8-3-7(4-15-5-8)9-16-10(13)18-11(17-9)19-2-1-14-6-19/h1-6H,(H2,13,16,17,18). The van der Waals surface area contributed by atoms with Crippen molar-refractivity contribution in [2.24, 2.45) is 0 Å². The number of nitrogens with two attached hydrogens (primary N) is 1. The highest BCUT2D eigenvalue weighted by molar-refractivity contribution is 5.55. The van der Waals surface area contributed by atoms with Gasteiger partial charge in [-0.1, -0.05) is 0 Å². The molecule has 0 aliphatic carbocycles. The average molecular weight is 257 g/mol. The Morgan fingerprint density at radius 2 is 2.00 bits per heavy atom. The van der Waals surface area contributed by atoms with Crippen LogP contribution < -0.4 is 5.73 Å². The first-order chi connectivity index (χ1) is 9.22. The number of nitrogens with zero attached hydrogens (tertiary/aromatic N) is 6. The maximum atomic E-state index is 13.1. The Hall–Kier alpha value is -2.90. The van der Waals surface area contributed by atoms with Gasteiger partial charge in [-0.2, -0.15) is 15.0 Å². The Morgan fingerprint density at radius 3 is 2.74 bits per heavy atom. The second-order valence-electron chi connectivity index (χ2n) is 3.68. The molecule has 0 fully saturated rings. The molecular formula is C11H8FN7. The zero-order valence-electron chi connectivity index (χ0n) is 9.60. The van der Waals surface area contributed by atoms with Gasteiger partial charge in [-0.05, 0) is 6.07 Å². The van der Waals surface area contributed by atoms with Gasteiger partial charge < -0.3 is 5.73 Å². The van der Waals surface area contributed by atoms with Crippen LogP contribution in [0.3, 0.4) is 0 Å². The lowest BCUT2D eigenvalue weighted by atomic mass is 10.2. The molecule has 8 heteroatoms. The zero-order chi connectivity index (χ0) is 13.2. The fourth-order valence-electron chi connectivity index (χ4n) is 1.54. The third-order valence-electron chi connectivity index (χ3n) is 2.34. The number of pyridine rings is 1. The third-order valence-corrected chi connectivity index (χ3v) is 2.34. The van der Waals surface area contributed by atoms with E-state index in [1.54, 1.807) is 17.0 Å². The van der Waals surface area contributed by atoms with Gasteiger partial charge in [-0.25, -0.2) is 9.37 Å². The van der Waals surface area contributed by atoms with E-state index in [-0.39, 0.29) is 11.8 Å². The molecular weight excluding hydrogens is 249 g/mol. The predicted octanol–water partition coefficient (Wildman–Crippen LogP) is 0.841. The summed E-state index contributed by atoms with van der Waals surface area (Å²) in [6.07, 6.45) is 7.34. The van der Waals surface area contributed by atoms with Crippen LogP contribution in [-0.4, -0.2) is 29.5 Å². The predicted molar refractivity (Wildman–Crippen MR) is 64.6 cm³/mol. The number of nitrogen functional groups attached to an aromatic ring is 1. The highest BCUT2D eigenvalue weighted by atomic mass is 19.1. The Bertz CT molecular complexity index is 711. The molecule has 0 radical (unpaired) electrons. The summed E-state index contributed by atoms with van der Waals surface area (Å²) in [5, 5.41) is 0. The molecule has 19 heavy (non-hydrogen) atoms. The van der Waals surface area contributed by atoms with E-state index >= 15 is 0 Å². The maximum Gasteiger partial charge on any atom is 0.240 e. The molecule has 0 aliphatic heterocycles. The minimum absolute atomic E-state index is 0.0398. The average Bonchev–Trinajstić information content (AvgIpc) is 2.92. The lowest BCUT2D eigenvalue weighted by Gasteiger charge is -2.04. The second kappa shape index (κ2) is 4.41. The molecule has 0 bridgehead atoms. The fraction of sp³-hybridized carbons (Fsp3) is 0. The van der Waals surface area contributed by atoms with E-state index in [9.17, 15) is 4.39 Å². The molecule has 2 N–H and O–H groups in total. The van der Waals surface area contributed by atoms with E-state index in [4.69, 9.17) is 5.73 Å². The Morgan fingerprint density at radius 1 is 1.11 bits per heavy atom. The van der Waals surface area contributed by atoms with E-state index < -0.39 is 5.82 Å². The summed E-state index contributed by atoms with van der Waals surface area (Å²) in [5.41, 5.74) is 6.06. The van der Waals surface area contributed by atoms with Crippen molar-refractivity contribution >= 4 is 5.95 Å². The first-order valence-corrected chi connectivity index (χ1v) is 5.33. The van der Waals surface area contributed by atoms with E-state index in [1.807, 2.05) is 0 Å². The van der Waals surface area contributed by atoms with Crippen LogP contribution in [0.2, 0.25) is 0 Å². The molecule has 0 aromatic carbocycles. The van der Waals surface area contributed by atoms with Crippen molar-refractivity contribution in [3.8, 4) is 17.3 Å². The van der Waals surface area contributed by atoms with Crippen molar-refractivity contribution < 1.29 is 4.39 Å². The lowest BCUT2D eigenvalue weighted by molar-refractivity contribution is 0.621. The van der Waals surface area contributed by atoms with Gasteiger partial charge in [0.25, 0.3) is 0 Å². The second-order valence-corrected chi connectivity index (χ2v) is 3.68. The molecule has 0 amide bonds. The summed E-state index contributed by atoms with van der Waals surface area (Å²) in [7, 11) is 0. The van der Waals surface area contributed by atoms with Gasteiger partial charge >= 0.3 is 0 Å². The monoisotopic (exact) mass is 257 g/mol. The molecule has 0 saturated heterocycles. The normalized spacial score (nSPS) is 10.6. The van der Waals surface area contributed by atoms with Crippen LogP contribution >= 0.6 is 0 Å². The van der Waals surface area contributed by atoms with Gasteiger partial charge in [0.15, 0.2) is 5.82 Å². The molecule has 0 atom stereocenters. The fourth-order valence-corrected chi connectivity index (χ4v) is 1.54. The van der Waals surface area contributed by atoms with E-state index in [0.29, 0.717) is 11.5 Å². The number of anilines is 1. The highest BCUT2D eigenvalue weighted by Gasteiger charge is 2.09. The Labute approximate surface area is 107 Å². The number of halogens is 1. The van der Waals surface area contributed by atoms with Crippen molar-refractivity contribution in [3.63, 3.8) is 0 Å². The molecule has 3 aromatic rings. The first-order valence-electron chi connectivity index (χ1n) is 5.33. The maximum absolute atomic E-state index is 13.1. The third kappa shape index (κ3) is 2.23. The van der Waals surface area contributed by atoms with Crippen LogP contribution in [0, 0.1) is 5.82 Å². The number of aromatic nitrogens is 6. The molecule has 3 aromatic heterocycles. The van der Waals surface area contributed by atoms with Crippen LogP contribution in [0.4, 0.5) is 10.3 Å². The van der Waals surface area contributed by atoms with Crippen LogP contribution in [0.1, 0.15) is 0 Å². The molecule has 0 unspecified atom stereocenters. The number of rotatable bonds is 2. The van der Waals surface area contributed by atoms with Gasteiger partial charge in [-0.3, -0.25) is 9.55 Å². The minimum atomic E-state index is -0.472. The van der Waals surface area contributed by atoms with Crippen molar-refractivity contribution in [3.05, 3.63) is 43.0 Å². The number of hydrogen-bond donors (Lipinski definition) is 1. The van der Waals surface area contributed by atoms with Crippen molar-refractivity contribution in [2.75, 3.05) is 5.73 Å². The highest BCUT2D eigenvalue weighted by Crippen LogP contribution is 2.16. The van der Waals surface area contributed by atoms with E-state index in [1.165, 1.54) is 18.6 Å². The van der Waals surface area contributed by atoms with Crippen molar-refractivity contribution in [2.45, 2.75) is 0 Å². The van der Waals surface area contributed by atoms with Gasteiger partial charge in [0, 0.05) is 24.2 Å². The van der Waals surface area contributed by atoms with Crippen molar-refractivity contribution in [1.29, 1.82) is 0 Å². The molecule has 0 saturated carbocycles. The zero-order valence-corrected chi connectivity index (χ0v) is 9.60. The summed E-state index contributed by atoms with van der Waals surface area (Å²) in [6, 6.07) is 1.28. The summed E-state index contributed by atoms with van der Waals surface area (Å²) >= 11 is 0. The molecule has 0 spiro atoms. The first kappa shape index (κ1) is 11.2. The number of hydrogen-bond acceptors (Lipinski definition) is 6. The molecule has 3 rings (SSSR count). The SMILES string of the molecule is Nc1nc(-c2cncc(F)c2)nc(-n2ccnc2)n1. The van der Waals surface area contributed by atoms with Crippen LogP contribution in [-0.2, 0) is 0 Å². The Kier molecular flexibility index (Phi) is 2.60. The summed E-state index contributed by atoms with van der Waals surface area (Å²) in [5.74, 6) is 0.131.